The molecule has 0 saturated carbocycles. The Hall–Kier alpha value is -0.900. The maximum absolute atomic E-state index is 12.1. The van der Waals surface area contributed by atoms with Crippen LogP contribution >= 0.6 is 0 Å². The van der Waals surface area contributed by atoms with Crippen LogP contribution < -0.4 is 0 Å². The molecule has 0 amide bonds. The van der Waals surface area contributed by atoms with Gasteiger partial charge in [0.1, 0.15) is 6.10 Å². The molecule has 0 N–H and O–H groups in total. The Kier molecular flexibility index (Phi) is 3.89. The number of halogens is 1. The Balaban J connectivity index is 1.92. The zero-order valence-corrected chi connectivity index (χ0v) is 7.53. The zero-order valence-electron chi connectivity index (χ0n) is 7.53. The topological polar surface area (TPSA) is 38.8 Å². The molecule has 0 bridgehead atoms. The Labute approximate surface area is 76.5 Å². The van der Waals surface area contributed by atoms with E-state index in [1.54, 1.807) is 13.0 Å². The quantitative estimate of drug-likeness (QED) is 0.284. The van der Waals surface area contributed by atoms with Crippen LogP contribution in [0.25, 0.3) is 0 Å². The Morgan fingerprint density at radius 1 is 1.69 bits per heavy atom. The molecular formula is C9H13FO3. The van der Waals surface area contributed by atoms with Gasteiger partial charge in [-0.25, -0.2) is 9.18 Å². The minimum atomic E-state index is -1.09. The van der Waals surface area contributed by atoms with E-state index in [0.29, 0.717) is 19.4 Å². The molecule has 1 saturated heterocycles. The van der Waals surface area contributed by atoms with Crippen LogP contribution in [-0.4, -0.2) is 25.0 Å². The smallest absolute Gasteiger partial charge is 0.330 e. The summed E-state index contributed by atoms with van der Waals surface area (Å²) in [6.45, 7) is 2.07. The molecule has 1 aliphatic heterocycles. The molecule has 2 atom stereocenters. The number of hydrogen-bond acceptors (Lipinski definition) is 3. The molecule has 0 aromatic carbocycles. The molecule has 1 heterocycles. The first-order valence-corrected chi connectivity index (χ1v) is 4.33. The van der Waals surface area contributed by atoms with Crippen LogP contribution in [0, 0.1) is 0 Å². The van der Waals surface area contributed by atoms with Crippen molar-refractivity contribution in [3.05, 3.63) is 12.2 Å². The van der Waals surface area contributed by atoms with Gasteiger partial charge in [0.05, 0.1) is 6.61 Å². The lowest BCUT2D eigenvalue weighted by atomic mass is 10.2. The number of epoxide rings is 1. The van der Waals surface area contributed by atoms with E-state index >= 15 is 0 Å². The van der Waals surface area contributed by atoms with E-state index in [9.17, 15) is 9.18 Å². The first-order valence-electron chi connectivity index (χ1n) is 4.33. The minimum absolute atomic E-state index is 0.264. The van der Waals surface area contributed by atoms with Crippen molar-refractivity contribution < 1.29 is 18.7 Å². The van der Waals surface area contributed by atoms with E-state index in [0.717, 1.165) is 0 Å². The van der Waals surface area contributed by atoms with Crippen molar-refractivity contribution >= 4 is 5.97 Å². The Morgan fingerprint density at radius 2 is 2.38 bits per heavy atom. The Morgan fingerprint density at radius 3 is 2.92 bits per heavy atom. The van der Waals surface area contributed by atoms with Gasteiger partial charge in [-0.3, -0.25) is 0 Å². The fraction of sp³-hybridized carbons (Fsp3) is 0.667. The molecule has 0 spiro atoms. The van der Waals surface area contributed by atoms with Crippen LogP contribution in [0.5, 0.6) is 0 Å². The molecule has 13 heavy (non-hydrogen) atoms. The molecule has 1 fully saturated rings. The van der Waals surface area contributed by atoms with Crippen molar-refractivity contribution in [2.75, 3.05) is 6.61 Å². The van der Waals surface area contributed by atoms with Crippen molar-refractivity contribution in [2.24, 2.45) is 0 Å². The molecule has 0 radical (unpaired) electrons. The van der Waals surface area contributed by atoms with Gasteiger partial charge in [-0.05, 0) is 19.8 Å². The first kappa shape index (κ1) is 10.2. The molecule has 0 aromatic heterocycles. The summed E-state index contributed by atoms with van der Waals surface area (Å²) >= 11 is 0. The van der Waals surface area contributed by atoms with Gasteiger partial charge in [-0.2, -0.15) is 0 Å². The van der Waals surface area contributed by atoms with Gasteiger partial charge in [0.15, 0.2) is 0 Å². The van der Waals surface area contributed by atoms with Crippen molar-refractivity contribution in [2.45, 2.75) is 32.2 Å². The van der Waals surface area contributed by atoms with E-state index < -0.39 is 6.36 Å². The van der Waals surface area contributed by atoms with Crippen LogP contribution in [0.3, 0.4) is 0 Å². The van der Waals surface area contributed by atoms with Crippen LogP contribution in [0.1, 0.15) is 19.8 Å². The number of esters is 1. The maximum Gasteiger partial charge on any atom is 0.330 e. The van der Waals surface area contributed by atoms with Crippen molar-refractivity contribution in [1.82, 2.24) is 0 Å². The van der Waals surface area contributed by atoms with Crippen molar-refractivity contribution in [3.8, 4) is 0 Å². The lowest BCUT2D eigenvalue weighted by Crippen LogP contribution is -2.03. The Bertz CT molecular complexity index is 203. The average molecular weight is 188 g/mol. The fourth-order valence-corrected chi connectivity index (χ4v) is 0.962. The largest absolute Gasteiger partial charge is 0.463 e. The summed E-state index contributed by atoms with van der Waals surface area (Å²) in [4.78, 5) is 10.8. The van der Waals surface area contributed by atoms with Crippen LogP contribution in [0.4, 0.5) is 4.39 Å². The second-order valence-electron chi connectivity index (χ2n) is 2.84. The summed E-state index contributed by atoms with van der Waals surface area (Å²) in [6, 6.07) is 0. The van der Waals surface area contributed by atoms with Crippen molar-refractivity contribution in [1.29, 1.82) is 0 Å². The van der Waals surface area contributed by atoms with Gasteiger partial charge in [0, 0.05) is 6.08 Å². The maximum atomic E-state index is 12.1. The summed E-state index contributed by atoms with van der Waals surface area (Å²) in [5, 5.41) is 0. The monoisotopic (exact) mass is 188 g/mol. The number of carbonyl (C=O) groups is 1. The number of ether oxygens (including phenoxy) is 2. The predicted octanol–water partition coefficient (Wildman–Crippen LogP) is 1.58. The first-order chi connectivity index (χ1) is 6.24. The number of hydrogen-bond donors (Lipinski definition) is 0. The van der Waals surface area contributed by atoms with Gasteiger partial charge in [-0.1, -0.05) is 6.08 Å². The highest BCUT2D eigenvalue weighted by Crippen LogP contribution is 2.27. The van der Waals surface area contributed by atoms with E-state index in [-0.39, 0.29) is 12.1 Å². The highest BCUT2D eigenvalue weighted by atomic mass is 19.2. The summed E-state index contributed by atoms with van der Waals surface area (Å²) in [6.07, 6.45) is 2.88. The minimum Gasteiger partial charge on any atom is -0.463 e. The fourth-order valence-electron chi connectivity index (χ4n) is 0.962. The molecule has 4 heteroatoms. The molecule has 0 aromatic rings. The number of rotatable bonds is 5. The number of alkyl halides is 1. The highest BCUT2D eigenvalue weighted by Gasteiger charge is 2.38. The summed E-state index contributed by atoms with van der Waals surface area (Å²) in [5.41, 5.74) is 0. The molecule has 1 aliphatic rings. The number of allylic oxidation sites excluding steroid dienone is 1. The van der Waals surface area contributed by atoms with Gasteiger partial charge in [-0.15, -0.1) is 0 Å². The average Bonchev–Trinajstić information content (AvgIpc) is 2.77. The third-order valence-corrected chi connectivity index (χ3v) is 1.70. The SMILES string of the molecule is CC=CC(=O)OCCCC1OC1F. The lowest BCUT2D eigenvalue weighted by Gasteiger charge is -1.99. The molecule has 0 aliphatic carbocycles. The third-order valence-electron chi connectivity index (χ3n) is 1.70. The zero-order chi connectivity index (χ0) is 9.68. The molecular weight excluding hydrogens is 175 g/mol. The van der Waals surface area contributed by atoms with Gasteiger partial charge in [0.2, 0.25) is 6.36 Å². The van der Waals surface area contributed by atoms with Gasteiger partial charge < -0.3 is 9.47 Å². The normalized spacial score (nSPS) is 26.3. The standard InChI is InChI=1S/C9H13FO3/c1-2-4-8(11)12-6-3-5-7-9(10)13-7/h2,4,7,9H,3,5-6H2,1H3. The number of carbonyl (C=O) groups excluding carboxylic acids is 1. The van der Waals surface area contributed by atoms with E-state index in [2.05, 4.69) is 4.74 Å². The van der Waals surface area contributed by atoms with E-state index in [1.165, 1.54) is 6.08 Å². The van der Waals surface area contributed by atoms with E-state index in [1.807, 2.05) is 0 Å². The van der Waals surface area contributed by atoms with Crippen LogP contribution in [0.15, 0.2) is 12.2 Å². The second-order valence-corrected chi connectivity index (χ2v) is 2.84. The van der Waals surface area contributed by atoms with E-state index in [4.69, 9.17) is 4.74 Å². The van der Waals surface area contributed by atoms with Crippen molar-refractivity contribution in [3.63, 3.8) is 0 Å². The summed E-state index contributed by atoms with van der Waals surface area (Å²) < 4.78 is 21.5. The molecule has 2 unspecified atom stereocenters. The van der Waals surface area contributed by atoms with Crippen LogP contribution in [-0.2, 0) is 14.3 Å². The predicted molar refractivity (Wildman–Crippen MR) is 44.8 cm³/mol. The molecule has 1 rings (SSSR count). The summed E-state index contributed by atoms with van der Waals surface area (Å²) in [7, 11) is 0. The second kappa shape index (κ2) is 4.97. The van der Waals surface area contributed by atoms with Gasteiger partial charge in [0.25, 0.3) is 0 Å². The lowest BCUT2D eigenvalue weighted by molar-refractivity contribution is -0.137. The van der Waals surface area contributed by atoms with Gasteiger partial charge >= 0.3 is 5.97 Å². The highest BCUT2D eigenvalue weighted by molar-refractivity contribution is 5.81. The van der Waals surface area contributed by atoms with Crippen LogP contribution in [0.2, 0.25) is 0 Å². The molecule has 74 valence electrons. The molecule has 3 nitrogen and oxygen atoms in total. The third kappa shape index (κ3) is 4.03. The summed E-state index contributed by atoms with van der Waals surface area (Å²) in [5.74, 6) is -0.351.